The fraction of sp³-hybridized carbons (Fsp3) is 0.444. The lowest BCUT2D eigenvalue weighted by molar-refractivity contribution is -0.216. The van der Waals surface area contributed by atoms with Crippen molar-refractivity contribution < 1.29 is 17.9 Å². The van der Waals surface area contributed by atoms with E-state index in [-0.39, 0.29) is 5.56 Å². The third kappa shape index (κ3) is 3.10. The first kappa shape index (κ1) is 12.3. The number of pyridine rings is 1. The van der Waals surface area contributed by atoms with Crippen LogP contribution < -0.4 is 0 Å². The second-order valence-electron chi connectivity index (χ2n) is 2.79. The topological polar surface area (TPSA) is 22.1 Å². The molecular formula is C9H10F3NOS. The number of hydrogen-bond acceptors (Lipinski definition) is 3. The van der Waals surface area contributed by atoms with Gasteiger partial charge in [-0.1, -0.05) is 6.07 Å². The predicted molar refractivity (Wildman–Crippen MR) is 51.8 cm³/mol. The van der Waals surface area contributed by atoms with Crippen molar-refractivity contribution in [3.05, 3.63) is 23.9 Å². The van der Waals surface area contributed by atoms with Crippen molar-refractivity contribution in [3.63, 3.8) is 0 Å². The highest BCUT2D eigenvalue weighted by Crippen LogP contribution is 2.35. The molecule has 0 fully saturated rings. The van der Waals surface area contributed by atoms with Crippen molar-refractivity contribution in [2.75, 3.05) is 13.4 Å². The molecule has 1 aromatic rings. The molecule has 2 nitrogen and oxygen atoms in total. The van der Waals surface area contributed by atoms with E-state index in [9.17, 15) is 13.2 Å². The average Bonchev–Trinajstić information content (AvgIpc) is 2.18. The molecule has 0 aliphatic heterocycles. The number of rotatable bonds is 3. The third-order valence-electron chi connectivity index (χ3n) is 1.80. The van der Waals surface area contributed by atoms with Gasteiger partial charge in [-0.2, -0.15) is 13.2 Å². The van der Waals surface area contributed by atoms with Crippen LogP contribution >= 0.6 is 11.8 Å². The van der Waals surface area contributed by atoms with Crippen molar-refractivity contribution in [1.82, 2.24) is 4.98 Å². The van der Waals surface area contributed by atoms with Crippen LogP contribution in [0.15, 0.2) is 23.4 Å². The first-order chi connectivity index (χ1) is 6.99. The third-order valence-corrected chi connectivity index (χ3v) is 2.46. The monoisotopic (exact) mass is 237 g/mol. The minimum Gasteiger partial charge on any atom is -0.367 e. The molecule has 0 saturated heterocycles. The van der Waals surface area contributed by atoms with E-state index in [1.54, 1.807) is 6.26 Å². The Morgan fingerprint density at radius 3 is 2.40 bits per heavy atom. The quantitative estimate of drug-likeness (QED) is 0.754. The summed E-state index contributed by atoms with van der Waals surface area (Å²) in [5, 5.41) is 0.677. The van der Waals surface area contributed by atoms with Gasteiger partial charge in [-0.05, 0) is 12.3 Å². The van der Waals surface area contributed by atoms with Crippen molar-refractivity contribution >= 4 is 11.8 Å². The molecular weight excluding hydrogens is 227 g/mol. The van der Waals surface area contributed by atoms with Crippen LogP contribution in [-0.2, 0) is 4.74 Å². The number of thioether (sulfide) groups is 1. The number of aromatic nitrogens is 1. The highest BCUT2D eigenvalue weighted by molar-refractivity contribution is 7.98. The summed E-state index contributed by atoms with van der Waals surface area (Å²) in [6.07, 6.45) is -3.31. The Morgan fingerprint density at radius 1 is 1.40 bits per heavy atom. The van der Waals surface area contributed by atoms with E-state index >= 15 is 0 Å². The average molecular weight is 237 g/mol. The first-order valence-corrected chi connectivity index (χ1v) is 5.31. The highest BCUT2D eigenvalue weighted by Gasteiger charge is 2.41. The van der Waals surface area contributed by atoms with Crippen LogP contribution in [0.1, 0.15) is 11.7 Å². The summed E-state index contributed by atoms with van der Waals surface area (Å²) >= 11 is 1.37. The van der Waals surface area contributed by atoms with Crippen LogP contribution in [0.5, 0.6) is 0 Å². The minimum absolute atomic E-state index is 0.0165. The zero-order chi connectivity index (χ0) is 11.5. The van der Waals surface area contributed by atoms with Crippen LogP contribution in [-0.4, -0.2) is 24.5 Å². The summed E-state index contributed by atoms with van der Waals surface area (Å²) in [5.41, 5.74) is 0.0165. The fourth-order valence-electron chi connectivity index (χ4n) is 1.13. The fourth-order valence-corrected chi connectivity index (χ4v) is 1.49. The van der Waals surface area contributed by atoms with Crippen LogP contribution in [0.3, 0.4) is 0 Å². The SMILES string of the molecule is COC(c1ccc(SC)nc1)C(F)(F)F. The number of hydrogen-bond donors (Lipinski definition) is 0. The molecule has 1 heterocycles. The maximum Gasteiger partial charge on any atom is 0.418 e. The number of methoxy groups -OCH3 is 1. The number of ether oxygens (including phenoxy) is 1. The smallest absolute Gasteiger partial charge is 0.367 e. The standard InChI is InChI=1S/C9H10F3NOS/c1-14-8(9(10,11)12)6-3-4-7(15-2)13-5-6/h3-5,8H,1-2H3. The summed E-state index contributed by atoms with van der Waals surface area (Å²) < 4.78 is 41.7. The molecule has 1 aromatic heterocycles. The van der Waals surface area contributed by atoms with E-state index in [2.05, 4.69) is 9.72 Å². The lowest BCUT2D eigenvalue weighted by Crippen LogP contribution is -2.22. The minimum atomic E-state index is -4.41. The molecule has 0 amide bonds. The maximum atomic E-state index is 12.4. The molecule has 1 atom stereocenters. The van der Waals surface area contributed by atoms with Gasteiger partial charge in [0.25, 0.3) is 0 Å². The van der Waals surface area contributed by atoms with Crippen molar-refractivity contribution in [2.45, 2.75) is 17.3 Å². The van der Waals surface area contributed by atoms with Gasteiger partial charge in [-0.3, -0.25) is 0 Å². The number of alkyl halides is 3. The first-order valence-electron chi connectivity index (χ1n) is 4.08. The van der Waals surface area contributed by atoms with Gasteiger partial charge in [0.15, 0.2) is 6.10 Å². The van der Waals surface area contributed by atoms with Gasteiger partial charge in [0.05, 0.1) is 5.03 Å². The van der Waals surface area contributed by atoms with Crippen LogP contribution in [0.4, 0.5) is 13.2 Å². The Labute approximate surface area is 89.8 Å². The van der Waals surface area contributed by atoms with Gasteiger partial charge in [0, 0.05) is 18.9 Å². The normalized spacial score (nSPS) is 13.9. The number of halogens is 3. The van der Waals surface area contributed by atoms with E-state index in [0.717, 1.165) is 7.11 Å². The molecule has 0 aliphatic carbocycles. The van der Waals surface area contributed by atoms with Gasteiger partial charge in [-0.15, -0.1) is 11.8 Å². The van der Waals surface area contributed by atoms with Crippen molar-refractivity contribution in [1.29, 1.82) is 0 Å². The van der Waals surface area contributed by atoms with Gasteiger partial charge < -0.3 is 4.74 Å². The van der Waals surface area contributed by atoms with E-state index < -0.39 is 12.3 Å². The van der Waals surface area contributed by atoms with Crippen molar-refractivity contribution in [2.24, 2.45) is 0 Å². The molecule has 0 saturated carbocycles. The molecule has 1 rings (SSSR count). The van der Waals surface area contributed by atoms with Gasteiger partial charge in [0.2, 0.25) is 0 Å². The molecule has 0 aromatic carbocycles. The Kier molecular flexibility index (Phi) is 3.98. The molecule has 6 heteroatoms. The zero-order valence-electron chi connectivity index (χ0n) is 8.21. The number of nitrogens with zero attached hydrogens (tertiary/aromatic N) is 1. The van der Waals surface area contributed by atoms with E-state index in [1.165, 1.54) is 30.1 Å². The van der Waals surface area contributed by atoms with Crippen LogP contribution in [0.25, 0.3) is 0 Å². The molecule has 0 aliphatic rings. The summed E-state index contributed by atoms with van der Waals surface area (Å²) in [6, 6.07) is 2.91. The lowest BCUT2D eigenvalue weighted by atomic mass is 10.1. The summed E-state index contributed by atoms with van der Waals surface area (Å²) in [6.45, 7) is 0. The zero-order valence-corrected chi connectivity index (χ0v) is 9.02. The highest BCUT2D eigenvalue weighted by atomic mass is 32.2. The molecule has 0 N–H and O–H groups in total. The van der Waals surface area contributed by atoms with E-state index in [1.807, 2.05) is 0 Å². The second-order valence-corrected chi connectivity index (χ2v) is 3.62. The van der Waals surface area contributed by atoms with E-state index in [0.29, 0.717) is 5.03 Å². The van der Waals surface area contributed by atoms with Crippen LogP contribution in [0.2, 0.25) is 0 Å². The summed E-state index contributed by atoms with van der Waals surface area (Å²) in [7, 11) is 1.03. The van der Waals surface area contributed by atoms with Gasteiger partial charge in [0.1, 0.15) is 0 Å². The molecule has 15 heavy (non-hydrogen) atoms. The predicted octanol–water partition coefficient (Wildman–Crippen LogP) is 3.05. The Balaban J connectivity index is 2.93. The van der Waals surface area contributed by atoms with Crippen LogP contribution in [0, 0.1) is 0 Å². The Bertz CT molecular complexity index is 312. The molecule has 0 spiro atoms. The summed E-state index contributed by atoms with van der Waals surface area (Å²) in [4.78, 5) is 3.86. The Morgan fingerprint density at radius 2 is 2.07 bits per heavy atom. The molecule has 0 bridgehead atoms. The summed E-state index contributed by atoms with van der Waals surface area (Å²) in [5.74, 6) is 0. The van der Waals surface area contributed by atoms with Crippen molar-refractivity contribution in [3.8, 4) is 0 Å². The molecule has 1 unspecified atom stereocenters. The van der Waals surface area contributed by atoms with E-state index in [4.69, 9.17) is 0 Å². The molecule has 0 radical (unpaired) electrons. The largest absolute Gasteiger partial charge is 0.418 e. The second kappa shape index (κ2) is 4.85. The molecule has 84 valence electrons. The van der Waals surface area contributed by atoms with Gasteiger partial charge in [-0.25, -0.2) is 4.98 Å². The lowest BCUT2D eigenvalue weighted by Gasteiger charge is -2.18. The van der Waals surface area contributed by atoms with Gasteiger partial charge >= 0.3 is 6.18 Å². The maximum absolute atomic E-state index is 12.4. The Hall–Kier alpha value is -0.750.